The Morgan fingerprint density at radius 2 is 1.67 bits per heavy atom. The van der Waals surface area contributed by atoms with E-state index in [0.29, 0.717) is 29.4 Å². The molecule has 2 aromatic rings. The topological polar surface area (TPSA) is 47.9 Å². The van der Waals surface area contributed by atoms with Crippen LogP contribution in [0.25, 0.3) is 0 Å². The zero-order valence-electron chi connectivity index (χ0n) is 11.9. The van der Waals surface area contributed by atoms with Gasteiger partial charge >= 0.3 is 0 Å². The number of ether oxygens (including phenoxy) is 3. The summed E-state index contributed by atoms with van der Waals surface area (Å²) in [6, 6.07) is 11.3. The molecule has 0 unspecified atom stereocenters. The van der Waals surface area contributed by atoms with Gasteiger partial charge in [-0.05, 0) is 35.4 Å². The van der Waals surface area contributed by atoms with Crippen molar-refractivity contribution in [1.82, 2.24) is 0 Å². The number of hydrogen-bond acceptors (Lipinski definition) is 4. The van der Waals surface area contributed by atoms with Crippen LogP contribution in [0.3, 0.4) is 0 Å². The van der Waals surface area contributed by atoms with Gasteiger partial charge in [-0.1, -0.05) is 28.1 Å². The van der Waals surface area contributed by atoms with Gasteiger partial charge in [0.15, 0.2) is 11.5 Å². The smallest absolute Gasteiger partial charge is 0.203 e. The SMILES string of the molecule is COc1cc(CO)cc(OC)c1OCc1cccc(Br)c1. The molecule has 4 nitrogen and oxygen atoms in total. The molecule has 0 heterocycles. The second kappa shape index (κ2) is 7.33. The van der Waals surface area contributed by atoms with E-state index in [-0.39, 0.29) is 6.61 Å². The predicted octanol–water partition coefficient (Wildman–Crippen LogP) is 3.54. The Balaban J connectivity index is 2.26. The summed E-state index contributed by atoms with van der Waals surface area (Å²) in [5.41, 5.74) is 1.73. The lowest BCUT2D eigenvalue weighted by Crippen LogP contribution is -2.01. The molecule has 0 bridgehead atoms. The van der Waals surface area contributed by atoms with Crippen molar-refractivity contribution in [3.05, 3.63) is 52.0 Å². The first-order valence-corrected chi connectivity index (χ1v) is 7.20. The standard InChI is InChI=1S/C16H17BrO4/c1-19-14-7-12(9-18)8-15(20-2)16(14)21-10-11-4-3-5-13(17)6-11/h3-8,18H,9-10H2,1-2H3. The number of hydrogen-bond donors (Lipinski definition) is 1. The molecule has 0 saturated carbocycles. The molecule has 0 amide bonds. The second-order valence-electron chi connectivity index (χ2n) is 4.41. The van der Waals surface area contributed by atoms with Crippen molar-refractivity contribution in [2.75, 3.05) is 14.2 Å². The average Bonchev–Trinajstić information content (AvgIpc) is 2.52. The van der Waals surface area contributed by atoms with Gasteiger partial charge in [-0.25, -0.2) is 0 Å². The van der Waals surface area contributed by atoms with Crippen molar-refractivity contribution < 1.29 is 19.3 Å². The summed E-state index contributed by atoms with van der Waals surface area (Å²) in [7, 11) is 3.11. The van der Waals surface area contributed by atoms with E-state index in [2.05, 4.69) is 15.9 Å². The maximum atomic E-state index is 9.25. The molecule has 0 aliphatic rings. The van der Waals surface area contributed by atoms with Gasteiger partial charge in [0.05, 0.1) is 20.8 Å². The Morgan fingerprint density at radius 1 is 1.00 bits per heavy atom. The first-order chi connectivity index (χ1) is 10.2. The van der Waals surface area contributed by atoms with E-state index in [1.807, 2.05) is 24.3 Å². The van der Waals surface area contributed by atoms with Crippen molar-refractivity contribution in [2.45, 2.75) is 13.2 Å². The van der Waals surface area contributed by atoms with Crippen LogP contribution in [-0.2, 0) is 13.2 Å². The van der Waals surface area contributed by atoms with Crippen LogP contribution in [0.2, 0.25) is 0 Å². The van der Waals surface area contributed by atoms with E-state index >= 15 is 0 Å². The van der Waals surface area contributed by atoms with Gasteiger partial charge in [0.2, 0.25) is 5.75 Å². The molecule has 0 atom stereocenters. The Hall–Kier alpha value is -1.72. The van der Waals surface area contributed by atoms with Gasteiger partial charge in [0.25, 0.3) is 0 Å². The monoisotopic (exact) mass is 352 g/mol. The molecule has 2 aromatic carbocycles. The highest BCUT2D eigenvalue weighted by Gasteiger charge is 2.14. The van der Waals surface area contributed by atoms with Gasteiger partial charge in [0, 0.05) is 4.47 Å². The van der Waals surface area contributed by atoms with Crippen molar-refractivity contribution in [1.29, 1.82) is 0 Å². The molecule has 0 aliphatic carbocycles. The van der Waals surface area contributed by atoms with E-state index < -0.39 is 0 Å². The van der Waals surface area contributed by atoms with Crippen molar-refractivity contribution >= 4 is 15.9 Å². The lowest BCUT2D eigenvalue weighted by atomic mass is 10.2. The van der Waals surface area contributed by atoms with E-state index in [9.17, 15) is 5.11 Å². The molecular weight excluding hydrogens is 336 g/mol. The largest absolute Gasteiger partial charge is 0.493 e. The van der Waals surface area contributed by atoms with Crippen LogP contribution in [0.15, 0.2) is 40.9 Å². The number of methoxy groups -OCH3 is 2. The summed E-state index contributed by atoms with van der Waals surface area (Å²) < 4.78 is 17.5. The zero-order valence-corrected chi connectivity index (χ0v) is 13.5. The molecule has 0 aromatic heterocycles. The van der Waals surface area contributed by atoms with Gasteiger partial charge in [0.1, 0.15) is 6.61 Å². The van der Waals surface area contributed by atoms with Crippen LogP contribution in [-0.4, -0.2) is 19.3 Å². The van der Waals surface area contributed by atoms with Crippen LogP contribution in [0.4, 0.5) is 0 Å². The molecule has 1 N–H and O–H groups in total. The third-order valence-electron chi connectivity index (χ3n) is 2.98. The van der Waals surface area contributed by atoms with E-state index in [1.165, 1.54) is 0 Å². The van der Waals surface area contributed by atoms with Gasteiger partial charge in [-0.3, -0.25) is 0 Å². The predicted molar refractivity (Wildman–Crippen MR) is 83.9 cm³/mol. The highest BCUT2D eigenvalue weighted by molar-refractivity contribution is 9.10. The van der Waals surface area contributed by atoms with Crippen molar-refractivity contribution in [2.24, 2.45) is 0 Å². The van der Waals surface area contributed by atoms with E-state index in [0.717, 1.165) is 10.0 Å². The minimum atomic E-state index is -0.0847. The number of rotatable bonds is 6. The maximum Gasteiger partial charge on any atom is 0.203 e. The molecule has 0 spiro atoms. The molecule has 112 valence electrons. The fourth-order valence-corrected chi connectivity index (χ4v) is 2.40. The Labute approximate surface area is 132 Å². The van der Waals surface area contributed by atoms with Crippen LogP contribution in [0, 0.1) is 0 Å². The molecule has 0 aliphatic heterocycles. The fraction of sp³-hybridized carbons (Fsp3) is 0.250. The molecule has 0 radical (unpaired) electrons. The average molecular weight is 353 g/mol. The minimum Gasteiger partial charge on any atom is -0.493 e. The summed E-state index contributed by atoms with van der Waals surface area (Å²) in [5.74, 6) is 1.60. The number of benzene rings is 2. The lowest BCUT2D eigenvalue weighted by Gasteiger charge is -2.15. The summed E-state index contributed by atoms with van der Waals surface area (Å²) in [6.45, 7) is 0.309. The first kappa shape index (κ1) is 15.7. The zero-order chi connectivity index (χ0) is 15.2. The van der Waals surface area contributed by atoms with E-state index in [1.54, 1.807) is 26.4 Å². The first-order valence-electron chi connectivity index (χ1n) is 6.41. The number of aliphatic hydroxyl groups is 1. The highest BCUT2D eigenvalue weighted by atomic mass is 79.9. The third kappa shape index (κ3) is 3.89. The molecule has 21 heavy (non-hydrogen) atoms. The summed E-state index contributed by atoms with van der Waals surface area (Å²) >= 11 is 3.43. The third-order valence-corrected chi connectivity index (χ3v) is 3.47. The summed E-state index contributed by atoms with van der Waals surface area (Å²) in [6.07, 6.45) is 0. The van der Waals surface area contributed by atoms with Crippen LogP contribution >= 0.6 is 15.9 Å². The summed E-state index contributed by atoms with van der Waals surface area (Å²) in [4.78, 5) is 0. The molecular formula is C16H17BrO4. The fourth-order valence-electron chi connectivity index (χ4n) is 1.95. The molecule has 2 rings (SSSR count). The normalized spacial score (nSPS) is 10.3. The van der Waals surface area contributed by atoms with Gasteiger partial charge in [-0.2, -0.15) is 0 Å². The molecule has 0 saturated heterocycles. The Morgan fingerprint density at radius 3 is 2.19 bits per heavy atom. The maximum absolute atomic E-state index is 9.25. The Kier molecular flexibility index (Phi) is 5.47. The van der Waals surface area contributed by atoms with Gasteiger partial charge < -0.3 is 19.3 Å². The quantitative estimate of drug-likeness (QED) is 0.863. The number of aliphatic hydroxyl groups excluding tert-OH is 1. The number of halogens is 1. The van der Waals surface area contributed by atoms with Crippen LogP contribution in [0.1, 0.15) is 11.1 Å². The van der Waals surface area contributed by atoms with Crippen molar-refractivity contribution in [3.8, 4) is 17.2 Å². The van der Waals surface area contributed by atoms with Crippen molar-refractivity contribution in [3.63, 3.8) is 0 Å². The second-order valence-corrected chi connectivity index (χ2v) is 5.32. The van der Waals surface area contributed by atoms with E-state index in [4.69, 9.17) is 14.2 Å². The molecule has 5 heteroatoms. The minimum absolute atomic E-state index is 0.0847. The summed E-state index contributed by atoms with van der Waals surface area (Å²) in [5, 5.41) is 9.25. The highest BCUT2D eigenvalue weighted by Crippen LogP contribution is 2.39. The van der Waals surface area contributed by atoms with Gasteiger partial charge in [-0.15, -0.1) is 0 Å². The van der Waals surface area contributed by atoms with Crippen LogP contribution < -0.4 is 14.2 Å². The molecule has 0 fully saturated rings. The Bertz CT molecular complexity index is 588. The van der Waals surface area contributed by atoms with Crippen LogP contribution in [0.5, 0.6) is 17.2 Å². The lowest BCUT2D eigenvalue weighted by molar-refractivity contribution is 0.260.